The molecule has 1 fully saturated rings. The van der Waals surface area contributed by atoms with Gasteiger partial charge in [-0.1, -0.05) is 6.07 Å². The Hall–Kier alpha value is -3.39. The summed E-state index contributed by atoms with van der Waals surface area (Å²) in [7, 11) is 1.91. The van der Waals surface area contributed by atoms with Gasteiger partial charge >= 0.3 is 0 Å². The molecule has 0 N–H and O–H groups in total. The number of anilines is 1. The van der Waals surface area contributed by atoms with Gasteiger partial charge in [0.15, 0.2) is 0 Å². The van der Waals surface area contributed by atoms with Crippen LogP contribution in [0.4, 0.5) is 5.69 Å². The van der Waals surface area contributed by atoms with Gasteiger partial charge in [0.2, 0.25) is 5.88 Å². The molecule has 2 atom stereocenters. The van der Waals surface area contributed by atoms with E-state index in [0.717, 1.165) is 50.0 Å². The number of aromatic nitrogens is 1. The number of fused-ring (bicyclic) bond motifs is 1. The first-order valence-corrected chi connectivity index (χ1v) is 12.3. The molecule has 35 heavy (non-hydrogen) atoms. The van der Waals surface area contributed by atoms with Crippen molar-refractivity contribution in [2.45, 2.75) is 57.7 Å². The molecule has 2 aliphatic heterocycles. The van der Waals surface area contributed by atoms with Crippen LogP contribution in [0.5, 0.6) is 0 Å². The zero-order valence-corrected chi connectivity index (χ0v) is 20.5. The van der Waals surface area contributed by atoms with Crippen LogP contribution in [-0.4, -0.2) is 59.6 Å². The predicted octanol–water partition coefficient (Wildman–Crippen LogP) is 3.77. The van der Waals surface area contributed by atoms with E-state index < -0.39 is 0 Å². The monoisotopic (exact) mass is 476 g/mol. The van der Waals surface area contributed by atoms with Gasteiger partial charge in [-0.25, -0.2) is 5.06 Å². The fourth-order valence-electron chi connectivity index (χ4n) is 5.47. The number of hydrogen-bond acceptors (Lipinski definition) is 7. The van der Waals surface area contributed by atoms with Gasteiger partial charge in [-0.05, 0) is 74.9 Å². The first-order chi connectivity index (χ1) is 16.9. The fraction of sp³-hybridized carbons (Fsp3) is 0.444. The molecule has 1 amide bonds. The molecule has 1 aliphatic carbocycles. The molecule has 0 spiro atoms. The summed E-state index contributed by atoms with van der Waals surface area (Å²) < 4.78 is 5.15. The molecular formula is C27H32N4O4. The van der Waals surface area contributed by atoms with Crippen LogP contribution in [0.15, 0.2) is 48.5 Å². The Morgan fingerprint density at radius 2 is 2.00 bits per heavy atom. The average molecular weight is 477 g/mol. The average Bonchev–Trinajstić information content (AvgIpc) is 3.45. The third-order valence-corrected chi connectivity index (χ3v) is 7.34. The number of benzene rings is 1. The highest BCUT2D eigenvalue weighted by molar-refractivity contribution is 5.94. The van der Waals surface area contributed by atoms with Crippen molar-refractivity contribution in [1.82, 2.24) is 14.9 Å². The van der Waals surface area contributed by atoms with Gasteiger partial charge in [0.05, 0.1) is 6.04 Å². The van der Waals surface area contributed by atoms with Crippen LogP contribution in [0.3, 0.4) is 0 Å². The van der Waals surface area contributed by atoms with Crippen molar-refractivity contribution >= 4 is 18.1 Å². The summed E-state index contributed by atoms with van der Waals surface area (Å²) in [6.07, 6.45) is 7.04. The van der Waals surface area contributed by atoms with Crippen molar-refractivity contribution in [1.29, 1.82) is 0 Å². The molecule has 1 unspecified atom stereocenters. The molecule has 1 aromatic heterocycles. The largest absolute Gasteiger partial charge is 0.410 e. The number of rotatable bonds is 6. The zero-order chi connectivity index (χ0) is 24.5. The number of carbonyl (C=O) groups is 2. The van der Waals surface area contributed by atoms with Crippen LogP contribution < -0.4 is 4.90 Å². The van der Waals surface area contributed by atoms with E-state index in [4.69, 9.17) is 9.57 Å². The zero-order valence-electron chi connectivity index (χ0n) is 20.5. The van der Waals surface area contributed by atoms with E-state index in [1.54, 1.807) is 11.1 Å². The van der Waals surface area contributed by atoms with E-state index in [0.29, 0.717) is 17.9 Å². The number of ether oxygens (including phenoxy) is 1. The van der Waals surface area contributed by atoms with Gasteiger partial charge in [0, 0.05) is 55.4 Å². The molecule has 2 aromatic rings. The summed E-state index contributed by atoms with van der Waals surface area (Å²) in [6, 6.07) is 10.2. The summed E-state index contributed by atoms with van der Waals surface area (Å²) in [4.78, 5) is 38.9. The lowest BCUT2D eigenvalue weighted by atomic mass is 10.00. The second-order valence-corrected chi connectivity index (χ2v) is 9.61. The third kappa shape index (κ3) is 4.62. The maximum atomic E-state index is 13.5. The minimum atomic E-state index is -0.174. The smallest absolute Gasteiger partial charge is 0.299 e. The Bertz CT molecular complexity index is 1140. The highest BCUT2D eigenvalue weighted by atomic mass is 16.7. The molecular weight excluding hydrogens is 444 g/mol. The number of aryl methyl sites for hydroxylation is 2. The van der Waals surface area contributed by atoms with Crippen molar-refractivity contribution in [2.24, 2.45) is 0 Å². The van der Waals surface area contributed by atoms with Crippen LogP contribution in [0.2, 0.25) is 0 Å². The number of carbonyl (C=O) groups excluding carboxylic acids is 2. The number of piperidine rings is 1. The lowest BCUT2D eigenvalue weighted by molar-refractivity contribution is -0.186. The first kappa shape index (κ1) is 23.4. The molecule has 8 nitrogen and oxygen atoms in total. The maximum Gasteiger partial charge on any atom is 0.299 e. The molecule has 0 radical (unpaired) electrons. The summed E-state index contributed by atoms with van der Waals surface area (Å²) in [6.45, 7) is 6.15. The molecule has 3 heterocycles. The van der Waals surface area contributed by atoms with Gasteiger partial charge in [0.1, 0.15) is 6.10 Å². The summed E-state index contributed by atoms with van der Waals surface area (Å²) in [5.74, 6) is 0.447. The molecule has 5 rings (SSSR count). The molecule has 3 aliphatic rings. The molecule has 0 saturated carbocycles. The molecule has 8 heteroatoms. The van der Waals surface area contributed by atoms with Gasteiger partial charge in [-0.2, -0.15) is 0 Å². The first-order valence-electron chi connectivity index (χ1n) is 12.3. The molecule has 0 bridgehead atoms. The topological polar surface area (TPSA) is 75.2 Å². The normalized spacial score (nSPS) is 22.1. The highest BCUT2D eigenvalue weighted by Crippen LogP contribution is 2.41. The van der Waals surface area contributed by atoms with Gasteiger partial charge in [0.25, 0.3) is 12.4 Å². The van der Waals surface area contributed by atoms with Crippen LogP contribution in [-0.2, 0) is 20.8 Å². The van der Waals surface area contributed by atoms with E-state index in [9.17, 15) is 9.59 Å². The SMILES string of the molecule is Cc1cc(N2CCC(N(C)C(=O)c3ccc4c(c3)[C@H](N3OC(C)C=C3OC=O)CC4)CC2)ccn1. The second-order valence-electron chi connectivity index (χ2n) is 9.61. The van der Waals surface area contributed by atoms with Gasteiger partial charge in [-0.3, -0.25) is 19.4 Å². The second kappa shape index (κ2) is 9.70. The van der Waals surface area contributed by atoms with Gasteiger partial charge < -0.3 is 14.5 Å². The number of pyridine rings is 1. The van der Waals surface area contributed by atoms with Crippen LogP contribution in [0.1, 0.15) is 59.4 Å². The quantitative estimate of drug-likeness (QED) is 0.588. The molecule has 184 valence electrons. The minimum absolute atomic E-state index is 0.0345. The molecule has 1 saturated heterocycles. The van der Waals surface area contributed by atoms with E-state index in [-0.39, 0.29) is 24.1 Å². The van der Waals surface area contributed by atoms with Gasteiger partial charge in [-0.15, -0.1) is 0 Å². The van der Waals surface area contributed by atoms with E-state index >= 15 is 0 Å². The van der Waals surface area contributed by atoms with Crippen LogP contribution in [0.25, 0.3) is 0 Å². The lowest BCUT2D eigenvalue weighted by Crippen LogP contribution is -2.45. The number of hydroxylamine groups is 2. The Morgan fingerprint density at radius 1 is 1.20 bits per heavy atom. The summed E-state index contributed by atoms with van der Waals surface area (Å²) in [5.41, 5.74) is 5.14. The van der Waals surface area contributed by atoms with Crippen LogP contribution in [0, 0.1) is 6.92 Å². The Labute approximate surface area is 206 Å². The highest BCUT2D eigenvalue weighted by Gasteiger charge is 2.36. The lowest BCUT2D eigenvalue weighted by Gasteiger charge is -2.38. The standard InChI is InChI=1S/C27H32N4O4/c1-18-14-23(8-11-28-18)30-12-9-22(10-13-30)29(3)27(33)21-5-4-20-6-7-25(24(20)16-21)31-26(34-17-32)15-19(2)35-31/h4-5,8,11,14-17,19,22,25H,6-7,9-10,12-13H2,1-3H3/t19?,25-/m1/s1. The number of amides is 1. The number of hydrogen-bond donors (Lipinski definition) is 0. The molecule has 1 aromatic carbocycles. The van der Waals surface area contributed by atoms with Crippen molar-refractivity contribution in [3.63, 3.8) is 0 Å². The summed E-state index contributed by atoms with van der Waals surface area (Å²) >= 11 is 0. The van der Waals surface area contributed by atoms with Crippen molar-refractivity contribution in [2.75, 3.05) is 25.0 Å². The minimum Gasteiger partial charge on any atom is -0.410 e. The van der Waals surface area contributed by atoms with Crippen LogP contribution >= 0.6 is 0 Å². The van der Waals surface area contributed by atoms with E-state index in [2.05, 4.69) is 22.0 Å². The van der Waals surface area contributed by atoms with Crippen molar-refractivity contribution in [3.8, 4) is 0 Å². The Balaban J connectivity index is 1.27. The van der Waals surface area contributed by atoms with E-state index in [1.165, 1.54) is 11.3 Å². The van der Waals surface area contributed by atoms with Crippen molar-refractivity contribution < 1.29 is 19.2 Å². The van der Waals surface area contributed by atoms with E-state index in [1.807, 2.05) is 50.2 Å². The third-order valence-electron chi connectivity index (χ3n) is 7.34. The fourth-order valence-corrected chi connectivity index (χ4v) is 5.47. The maximum absolute atomic E-state index is 13.5. The Kier molecular flexibility index (Phi) is 6.47. The number of nitrogens with zero attached hydrogens (tertiary/aromatic N) is 4. The summed E-state index contributed by atoms with van der Waals surface area (Å²) in [5, 5.41) is 1.68. The Morgan fingerprint density at radius 3 is 2.74 bits per heavy atom. The van der Waals surface area contributed by atoms with Crippen molar-refractivity contribution in [3.05, 3.63) is 70.9 Å². The predicted molar refractivity (Wildman–Crippen MR) is 131 cm³/mol.